The van der Waals surface area contributed by atoms with Crippen LogP contribution in [-0.2, 0) is 4.74 Å². The van der Waals surface area contributed by atoms with Gasteiger partial charge in [0, 0.05) is 19.8 Å². The molecular weight excluding hydrogens is 248 g/mol. The van der Waals surface area contributed by atoms with E-state index in [0.29, 0.717) is 5.95 Å². The predicted octanol–water partition coefficient (Wildman–Crippen LogP) is 1.51. The van der Waals surface area contributed by atoms with Crippen LogP contribution in [0.1, 0.15) is 26.2 Å². The zero-order valence-corrected chi connectivity index (χ0v) is 11.8. The van der Waals surface area contributed by atoms with Crippen LogP contribution in [0.2, 0.25) is 0 Å². The summed E-state index contributed by atoms with van der Waals surface area (Å²) in [4.78, 5) is 12.1. The topological polar surface area (TPSA) is 78.4 Å². The second-order valence-corrected chi connectivity index (χ2v) is 3.88. The number of hydrogen-bond donors (Lipinski definition) is 1. The normalized spacial score (nSPS) is 10.3. The minimum atomic E-state index is 0.230. The average molecular weight is 270 g/mol. The number of nitrogens with one attached hydrogen (secondary N) is 1. The summed E-state index contributed by atoms with van der Waals surface area (Å²) in [6.07, 6.45) is 3.15. The maximum Gasteiger partial charge on any atom is 0.324 e. The number of nitrogens with zero attached hydrogens (tertiary/aromatic N) is 3. The molecule has 0 spiro atoms. The summed E-state index contributed by atoms with van der Waals surface area (Å²) in [5.74, 6) is 0.442. The highest BCUT2D eigenvalue weighted by Crippen LogP contribution is 2.11. The molecule has 0 unspecified atom stereocenters. The van der Waals surface area contributed by atoms with Crippen LogP contribution < -0.4 is 14.8 Å². The average Bonchev–Trinajstić information content (AvgIpc) is 2.45. The van der Waals surface area contributed by atoms with Crippen LogP contribution in [0.15, 0.2) is 0 Å². The molecule has 108 valence electrons. The zero-order chi connectivity index (χ0) is 13.9. The summed E-state index contributed by atoms with van der Waals surface area (Å²) < 4.78 is 15.4. The van der Waals surface area contributed by atoms with E-state index in [-0.39, 0.29) is 12.0 Å². The van der Waals surface area contributed by atoms with Crippen LogP contribution in [0, 0.1) is 0 Å². The van der Waals surface area contributed by atoms with Gasteiger partial charge in [-0.05, 0) is 12.8 Å². The highest BCUT2D eigenvalue weighted by atomic mass is 16.5. The highest BCUT2D eigenvalue weighted by Gasteiger charge is 2.06. The van der Waals surface area contributed by atoms with E-state index in [1.54, 1.807) is 0 Å². The summed E-state index contributed by atoms with van der Waals surface area (Å²) in [5, 5.41) is 3.08. The third-order valence-electron chi connectivity index (χ3n) is 2.35. The second-order valence-electron chi connectivity index (χ2n) is 3.88. The van der Waals surface area contributed by atoms with Crippen molar-refractivity contribution in [2.45, 2.75) is 26.2 Å². The van der Waals surface area contributed by atoms with Crippen molar-refractivity contribution >= 4 is 5.95 Å². The number of methoxy groups -OCH3 is 2. The van der Waals surface area contributed by atoms with Crippen LogP contribution in [0.4, 0.5) is 5.95 Å². The maximum atomic E-state index is 5.46. The van der Waals surface area contributed by atoms with Crippen LogP contribution in [0.25, 0.3) is 0 Å². The lowest BCUT2D eigenvalue weighted by Crippen LogP contribution is -2.10. The van der Waals surface area contributed by atoms with Crippen molar-refractivity contribution in [3.8, 4) is 12.0 Å². The van der Waals surface area contributed by atoms with Gasteiger partial charge < -0.3 is 19.5 Å². The minimum absolute atomic E-state index is 0.230. The van der Waals surface area contributed by atoms with Gasteiger partial charge in [0.2, 0.25) is 5.95 Å². The Kier molecular flexibility index (Phi) is 7.57. The first-order chi connectivity index (χ1) is 9.30. The quantitative estimate of drug-likeness (QED) is 0.645. The van der Waals surface area contributed by atoms with Crippen molar-refractivity contribution in [1.82, 2.24) is 15.0 Å². The lowest BCUT2D eigenvalue weighted by molar-refractivity contribution is 0.131. The van der Waals surface area contributed by atoms with E-state index < -0.39 is 0 Å². The molecule has 19 heavy (non-hydrogen) atoms. The van der Waals surface area contributed by atoms with Crippen LogP contribution >= 0.6 is 0 Å². The molecule has 0 fully saturated rings. The molecule has 0 atom stereocenters. The van der Waals surface area contributed by atoms with E-state index in [4.69, 9.17) is 14.2 Å². The smallest absolute Gasteiger partial charge is 0.324 e. The van der Waals surface area contributed by atoms with Crippen molar-refractivity contribution < 1.29 is 14.2 Å². The first-order valence-corrected chi connectivity index (χ1v) is 6.45. The Morgan fingerprint density at radius 2 is 1.58 bits per heavy atom. The maximum absolute atomic E-state index is 5.46. The lowest BCUT2D eigenvalue weighted by Gasteiger charge is -2.07. The monoisotopic (exact) mass is 270 g/mol. The van der Waals surface area contributed by atoms with E-state index in [9.17, 15) is 0 Å². The van der Waals surface area contributed by atoms with Gasteiger partial charge in [0.15, 0.2) is 0 Å². The van der Waals surface area contributed by atoms with E-state index in [2.05, 4.69) is 27.2 Å². The summed E-state index contributed by atoms with van der Waals surface area (Å²) in [6, 6.07) is 0.460. The second kappa shape index (κ2) is 9.32. The molecule has 0 saturated carbocycles. The number of aromatic nitrogens is 3. The third-order valence-corrected chi connectivity index (χ3v) is 2.35. The van der Waals surface area contributed by atoms with Crippen molar-refractivity contribution in [2.24, 2.45) is 0 Å². The molecule has 7 heteroatoms. The molecule has 1 aromatic rings. The van der Waals surface area contributed by atoms with Gasteiger partial charge in [-0.2, -0.15) is 9.97 Å². The zero-order valence-electron chi connectivity index (χ0n) is 11.8. The van der Waals surface area contributed by atoms with Gasteiger partial charge in [-0.3, -0.25) is 0 Å². The molecule has 0 aliphatic carbocycles. The molecule has 1 N–H and O–H groups in total. The van der Waals surface area contributed by atoms with Gasteiger partial charge in [-0.15, -0.1) is 4.98 Å². The Morgan fingerprint density at radius 1 is 0.947 bits per heavy atom. The van der Waals surface area contributed by atoms with Crippen molar-refractivity contribution in [3.63, 3.8) is 0 Å². The number of rotatable bonds is 10. The summed E-state index contributed by atoms with van der Waals surface area (Å²) >= 11 is 0. The number of ether oxygens (including phenoxy) is 3. The Morgan fingerprint density at radius 3 is 2.16 bits per heavy atom. The molecule has 1 rings (SSSR count). The van der Waals surface area contributed by atoms with Crippen molar-refractivity contribution in [3.05, 3.63) is 0 Å². The van der Waals surface area contributed by atoms with Crippen LogP contribution in [-0.4, -0.2) is 48.9 Å². The number of unbranched alkanes of at least 4 members (excludes halogenated alkanes) is 1. The summed E-state index contributed by atoms with van der Waals surface area (Å²) in [6.45, 7) is 4.42. The first kappa shape index (κ1) is 15.4. The standard InChI is InChI=1S/C12H22N4O3/c1-4-5-8-19-9-6-7-13-10-14-11(17-2)16-12(15-10)18-3/h4-9H2,1-3H3,(H,13,14,15,16). The van der Waals surface area contributed by atoms with Gasteiger partial charge in [-0.1, -0.05) is 13.3 Å². The lowest BCUT2D eigenvalue weighted by atomic mass is 10.4. The molecule has 0 amide bonds. The molecule has 0 aromatic carbocycles. The molecular formula is C12H22N4O3. The van der Waals surface area contributed by atoms with E-state index in [0.717, 1.165) is 39.0 Å². The van der Waals surface area contributed by atoms with Gasteiger partial charge >= 0.3 is 12.0 Å². The highest BCUT2D eigenvalue weighted by molar-refractivity contribution is 5.27. The fourth-order valence-corrected chi connectivity index (χ4v) is 1.32. The largest absolute Gasteiger partial charge is 0.467 e. The summed E-state index contributed by atoms with van der Waals surface area (Å²) in [7, 11) is 3.00. The molecule has 1 aromatic heterocycles. The fourth-order valence-electron chi connectivity index (χ4n) is 1.32. The van der Waals surface area contributed by atoms with Crippen LogP contribution in [0.5, 0.6) is 12.0 Å². The number of hydrogen-bond acceptors (Lipinski definition) is 7. The van der Waals surface area contributed by atoms with E-state index in [1.807, 2.05) is 0 Å². The van der Waals surface area contributed by atoms with Gasteiger partial charge in [0.05, 0.1) is 14.2 Å². The SMILES string of the molecule is CCCCOCCCNc1nc(OC)nc(OC)n1. The van der Waals surface area contributed by atoms with Gasteiger partial charge in [0.25, 0.3) is 0 Å². The molecule has 0 bridgehead atoms. The molecule has 0 radical (unpaired) electrons. The Labute approximate surface area is 113 Å². The van der Waals surface area contributed by atoms with Crippen molar-refractivity contribution in [1.29, 1.82) is 0 Å². The molecule has 0 aliphatic heterocycles. The molecule has 1 heterocycles. The number of anilines is 1. The molecule has 0 saturated heterocycles. The molecule has 0 aliphatic rings. The predicted molar refractivity (Wildman–Crippen MR) is 71.8 cm³/mol. The Hall–Kier alpha value is -1.63. The Balaban J connectivity index is 2.28. The van der Waals surface area contributed by atoms with E-state index in [1.165, 1.54) is 14.2 Å². The van der Waals surface area contributed by atoms with Crippen molar-refractivity contribution in [2.75, 3.05) is 39.3 Å². The minimum Gasteiger partial charge on any atom is -0.467 e. The first-order valence-electron chi connectivity index (χ1n) is 6.45. The summed E-state index contributed by atoms with van der Waals surface area (Å²) in [5.41, 5.74) is 0. The Bertz CT molecular complexity index is 341. The third kappa shape index (κ3) is 6.19. The van der Waals surface area contributed by atoms with E-state index >= 15 is 0 Å². The fraction of sp³-hybridized carbons (Fsp3) is 0.750. The van der Waals surface area contributed by atoms with Gasteiger partial charge in [0.1, 0.15) is 0 Å². The van der Waals surface area contributed by atoms with Crippen LogP contribution in [0.3, 0.4) is 0 Å². The van der Waals surface area contributed by atoms with Gasteiger partial charge in [-0.25, -0.2) is 0 Å². The molecule has 7 nitrogen and oxygen atoms in total.